The van der Waals surface area contributed by atoms with E-state index in [1.54, 1.807) is 6.92 Å². The summed E-state index contributed by atoms with van der Waals surface area (Å²) >= 11 is 1.18. The van der Waals surface area contributed by atoms with Gasteiger partial charge >= 0.3 is 5.97 Å². The van der Waals surface area contributed by atoms with E-state index >= 15 is 0 Å². The second-order valence-electron chi connectivity index (χ2n) is 4.12. The Hall–Kier alpha value is -2.41. The molecule has 1 atom stereocenters. The maximum atomic E-state index is 11.9. The summed E-state index contributed by atoms with van der Waals surface area (Å²) in [5.41, 5.74) is 0.375. The third-order valence-electron chi connectivity index (χ3n) is 2.59. The molecule has 1 aromatic heterocycles. The Bertz CT molecular complexity index is 636. The first-order valence-corrected chi connectivity index (χ1v) is 6.64. The molecule has 7 heteroatoms. The number of carbonyl (C=O) groups is 2. The standard InChI is InChI=1S/C13H12N2O4S/c1-7(12-15-10(6-20-12)13(18)19)14-11(17)8-2-4-9(16)5-3-8/h2-7,16H,1H3,(H,14,17)(H,18,19). The summed E-state index contributed by atoms with van der Waals surface area (Å²) in [7, 11) is 0. The zero-order chi connectivity index (χ0) is 14.7. The average molecular weight is 292 g/mol. The van der Waals surface area contributed by atoms with Crippen molar-refractivity contribution in [3.05, 3.63) is 45.9 Å². The van der Waals surface area contributed by atoms with Gasteiger partial charge in [-0.1, -0.05) is 0 Å². The second-order valence-corrected chi connectivity index (χ2v) is 5.01. The Morgan fingerprint density at radius 2 is 1.95 bits per heavy atom. The fourth-order valence-electron chi connectivity index (χ4n) is 1.54. The van der Waals surface area contributed by atoms with Crippen LogP contribution in [0.15, 0.2) is 29.6 Å². The molecule has 0 saturated heterocycles. The van der Waals surface area contributed by atoms with Gasteiger partial charge in [0.15, 0.2) is 5.69 Å². The summed E-state index contributed by atoms with van der Waals surface area (Å²) < 4.78 is 0. The highest BCUT2D eigenvalue weighted by atomic mass is 32.1. The van der Waals surface area contributed by atoms with E-state index in [1.165, 1.54) is 41.0 Å². The molecular weight excluding hydrogens is 280 g/mol. The number of thiazole rings is 1. The lowest BCUT2D eigenvalue weighted by Crippen LogP contribution is -2.26. The van der Waals surface area contributed by atoms with E-state index in [9.17, 15) is 9.59 Å². The molecule has 0 fully saturated rings. The number of aromatic nitrogens is 1. The molecule has 0 saturated carbocycles. The van der Waals surface area contributed by atoms with E-state index in [-0.39, 0.29) is 17.4 Å². The predicted octanol–water partition coefficient (Wildman–Crippen LogP) is 2.04. The van der Waals surface area contributed by atoms with Gasteiger partial charge in [-0.25, -0.2) is 9.78 Å². The maximum absolute atomic E-state index is 11.9. The lowest BCUT2D eigenvalue weighted by atomic mass is 10.2. The molecule has 2 rings (SSSR count). The van der Waals surface area contributed by atoms with E-state index in [2.05, 4.69) is 10.3 Å². The third-order valence-corrected chi connectivity index (χ3v) is 3.62. The molecule has 104 valence electrons. The SMILES string of the molecule is CC(NC(=O)c1ccc(O)cc1)c1nc(C(=O)O)cs1. The number of phenols is 1. The van der Waals surface area contributed by atoms with Crippen LogP contribution in [0.25, 0.3) is 0 Å². The number of hydrogen-bond donors (Lipinski definition) is 3. The van der Waals surface area contributed by atoms with E-state index in [4.69, 9.17) is 10.2 Å². The molecule has 3 N–H and O–H groups in total. The normalized spacial score (nSPS) is 11.8. The van der Waals surface area contributed by atoms with Crippen molar-refractivity contribution in [1.82, 2.24) is 10.3 Å². The van der Waals surface area contributed by atoms with E-state index in [0.29, 0.717) is 10.6 Å². The second kappa shape index (κ2) is 5.70. The fraction of sp³-hybridized carbons (Fsp3) is 0.154. The van der Waals surface area contributed by atoms with Crippen LogP contribution in [0, 0.1) is 0 Å². The zero-order valence-electron chi connectivity index (χ0n) is 10.5. The minimum Gasteiger partial charge on any atom is -0.508 e. The van der Waals surface area contributed by atoms with Gasteiger partial charge in [0.05, 0.1) is 6.04 Å². The van der Waals surface area contributed by atoms with Crippen LogP contribution in [0.4, 0.5) is 0 Å². The van der Waals surface area contributed by atoms with Gasteiger partial charge in [-0.2, -0.15) is 0 Å². The van der Waals surface area contributed by atoms with Gasteiger partial charge in [-0.05, 0) is 31.2 Å². The van der Waals surface area contributed by atoms with Crippen molar-refractivity contribution in [2.24, 2.45) is 0 Å². The van der Waals surface area contributed by atoms with Crippen molar-refractivity contribution in [2.75, 3.05) is 0 Å². The third kappa shape index (κ3) is 3.12. The highest BCUT2D eigenvalue weighted by Crippen LogP contribution is 2.19. The monoisotopic (exact) mass is 292 g/mol. The summed E-state index contributed by atoms with van der Waals surface area (Å²) in [6, 6.07) is 5.45. The Labute approximate surface area is 118 Å². The molecule has 0 aliphatic carbocycles. The van der Waals surface area contributed by atoms with Gasteiger partial charge in [-0.15, -0.1) is 11.3 Å². The number of amides is 1. The van der Waals surface area contributed by atoms with Gasteiger partial charge < -0.3 is 15.5 Å². The number of phenolic OH excluding ortho intramolecular Hbond substituents is 1. The Kier molecular flexibility index (Phi) is 3.99. The van der Waals surface area contributed by atoms with Gasteiger partial charge in [-0.3, -0.25) is 4.79 Å². The number of carboxylic acids is 1. The van der Waals surface area contributed by atoms with Crippen molar-refractivity contribution >= 4 is 23.2 Å². The minimum absolute atomic E-state index is 0.0317. The lowest BCUT2D eigenvalue weighted by Gasteiger charge is -2.11. The predicted molar refractivity (Wildman–Crippen MR) is 73.1 cm³/mol. The van der Waals surface area contributed by atoms with Gasteiger partial charge in [0.2, 0.25) is 0 Å². The van der Waals surface area contributed by atoms with Crippen LogP contribution < -0.4 is 5.32 Å². The summed E-state index contributed by atoms with van der Waals surface area (Å²) in [6.07, 6.45) is 0. The molecule has 1 amide bonds. The summed E-state index contributed by atoms with van der Waals surface area (Å²) in [4.78, 5) is 26.6. The first-order chi connectivity index (χ1) is 9.47. The van der Waals surface area contributed by atoms with Gasteiger partial charge in [0.25, 0.3) is 5.91 Å². The molecule has 0 spiro atoms. The van der Waals surface area contributed by atoms with E-state index < -0.39 is 12.0 Å². The largest absolute Gasteiger partial charge is 0.508 e. The molecule has 20 heavy (non-hydrogen) atoms. The van der Waals surface area contributed by atoms with Crippen LogP contribution >= 0.6 is 11.3 Å². The van der Waals surface area contributed by atoms with Crippen LogP contribution in [0.1, 0.15) is 38.8 Å². The van der Waals surface area contributed by atoms with E-state index in [0.717, 1.165) is 0 Å². The molecule has 0 aliphatic rings. The first kappa shape index (κ1) is 14.0. The molecule has 0 aliphatic heterocycles. The maximum Gasteiger partial charge on any atom is 0.355 e. The molecule has 2 aromatic rings. The number of carboxylic acid groups (broad SMARTS) is 1. The molecule has 6 nitrogen and oxygen atoms in total. The number of rotatable bonds is 4. The number of benzene rings is 1. The Morgan fingerprint density at radius 3 is 2.50 bits per heavy atom. The van der Waals surface area contributed by atoms with Crippen molar-refractivity contribution in [2.45, 2.75) is 13.0 Å². The lowest BCUT2D eigenvalue weighted by molar-refractivity contribution is 0.0691. The molecule has 1 heterocycles. The topological polar surface area (TPSA) is 99.5 Å². The Morgan fingerprint density at radius 1 is 1.30 bits per heavy atom. The summed E-state index contributed by atoms with van der Waals surface area (Å²) in [5, 5.41) is 22.6. The van der Waals surface area contributed by atoms with Crippen LogP contribution in [0.3, 0.4) is 0 Å². The van der Waals surface area contributed by atoms with Crippen LogP contribution in [-0.2, 0) is 0 Å². The van der Waals surface area contributed by atoms with Crippen molar-refractivity contribution in [3.8, 4) is 5.75 Å². The van der Waals surface area contributed by atoms with Crippen molar-refractivity contribution < 1.29 is 19.8 Å². The first-order valence-electron chi connectivity index (χ1n) is 5.76. The Balaban J connectivity index is 2.06. The zero-order valence-corrected chi connectivity index (χ0v) is 11.3. The minimum atomic E-state index is -1.09. The number of nitrogens with zero attached hydrogens (tertiary/aromatic N) is 1. The van der Waals surface area contributed by atoms with Crippen LogP contribution in [0.2, 0.25) is 0 Å². The molecule has 1 unspecified atom stereocenters. The molecule has 1 aromatic carbocycles. The number of aromatic hydroxyl groups is 1. The smallest absolute Gasteiger partial charge is 0.355 e. The average Bonchev–Trinajstić information content (AvgIpc) is 2.89. The molecular formula is C13H12N2O4S. The van der Waals surface area contributed by atoms with Crippen LogP contribution in [0.5, 0.6) is 5.75 Å². The number of carbonyl (C=O) groups excluding carboxylic acids is 1. The van der Waals surface area contributed by atoms with Gasteiger partial charge in [0.1, 0.15) is 10.8 Å². The van der Waals surface area contributed by atoms with Crippen LogP contribution in [-0.4, -0.2) is 27.1 Å². The highest BCUT2D eigenvalue weighted by molar-refractivity contribution is 7.09. The van der Waals surface area contributed by atoms with E-state index in [1.807, 2.05) is 0 Å². The van der Waals surface area contributed by atoms with Crippen molar-refractivity contribution in [1.29, 1.82) is 0 Å². The summed E-state index contributed by atoms with van der Waals surface area (Å²) in [6.45, 7) is 1.72. The van der Waals surface area contributed by atoms with Gasteiger partial charge in [0, 0.05) is 10.9 Å². The highest BCUT2D eigenvalue weighted by Gasteiger charge is 2.16. The molecule has 0 bridgehead atoms. The molecule has 0 radical (unpaired) electrons. The summed E-state index contributed by atoms with van der Waals surface area (Å²) in [5.74, 6) is -1.32. The fourth-order valence-corrected chi connectivity index (χ4v) is 2.34. The number of nitrogens with one attached hydrogen (secondary N) is 1. The quantitative estimate of drug-likeness (QED) is 0.800. The number of hydrogen-bond acceptors (Lipinski definition) is 5. The van der Waals surface area contributed by atoms with Crippen molar-refractivity contribution in [3.63, 3.8) is 0 Å². The number of aromatic carboxylic acids is 1.